The number of benzene rings is 1. The van der Waals surface area contributed by atoms with Gasteiger partial charge in [-0.1, -0.05) is 29.3 Å². The SMILES string of the molecule is CC(C#N)CCc1ccc(Cl)cc1Cl. The number of hydrogen-bond donors (Lipinski definition) is 0. The molecule has 0 heterocycles. The Balaban J connectivity index is 2.64. The summed E-state index contributed by atoms with van der Waals surface area (Å²) < 4.78 is 0. The summed E-state index contributed by atoms with van der Waals surface area (Å²) in [6, 6.07) is 7.66. The van der Waals surface area contributed by atoms with Gasteiger partial charge < -0.3 is 0 Å². The molecule has 0 aliphatic rings. The van der Waals surface area contributed by atoms with E-state index in [1.807, 2.05) is 19.1 Å². The summed E-state index contributed by atoms with van der Waals surface area (Å²) in [6.45, 7) is 1.91. The normalized spacial score (nSPS) is 12.1. The van der Waals surface area contributed by atoms with Crippen LogP contribution in [-0.2, 0) is 6.42 Å². The van der Waals surface area contributed by atoms with Gasteiger partial charge in [0.25, 0.3) is 0 Å². The Bertz CT molecular complexity index is 355. The quantitative estimate of drug-likeness (QED) is 0.764. The van der Waals surface area contributed by atoms with Gasteiger partial charge in [0.2, 0.25) is 0 Å². The van der Waals surface area contributed by atoms with Crippen LogP contribution in [0, 0.1) is 17.2 Å². The molecular formula is C11H11Cl2N. The number of aryl methyl sites for hydroxylation is 1. The molecule has 1 nitrogen and oxygen atoms in total. The Labute approximate surface area is 94.3 Å². The predicted molar refractivity (Wildman–Crippen MR) is 59.6 cm³/mol. The van der Waals surface area contributed by atoms with E-state index in [9.17, 15) is 0 Å². The van der Waals surface area contributed by atoms with Gasteiger partial charge in [-0.25, -0.2) is 0 Å². The summed E-state index contributed by atoms with van der Waals surface area (Å²) in [5.41, 5.74) is 1.05. The fraction of sp³-hybridized carbons (Fsp3) is 0.364. The first-order chi connectivity index (χ1) is 6.63. The maximum absolute atomic E-state index is 8.62. The Kier molecular flexibility index (Phi) is 4.25. The summed E-state index contributed by atoms with van der Waals surface area (Å²) in [5.74, 6) is 0.0711. The van der Waals surface area contributed by atoms with E-state index >= 15 is 0 Å². The molecule has 0 radical (unpaired) electrons. The largest absolute Gasteiger partial charge is 0.198 e. The van der Waals surface area contributed by atoms with Crippen molar-refractivity contribution in [3.63, 3.8) is 0 Å². The van der Waals surface area contributed by atoms with Gasteiger partial charge in [-0.2, -0.15) is 5.26 Å². The number of nitrogens with zero attached hydrogens (tertiary/aromatic N) is 1. The molecule has 3 heteroatoms. The van der Waals surface area contributed by atoms with Gasteiger partial charge in [0.05, 0.1) is 6.07 Å². The highest BCUT2D eigenvalue weighted by Gasteiger charge is 2.04. The van der Waals surface area contributed by atoms with Crippen LogP contribution < -0.4 is 0 Å². The summed E-state index contributed by atoms with van der Waals surface area (Å²) in [7, 11) is 0. The van der Waals surface area contributed by atoms with Crippen LogP contribution in [0.15, 0.2) is 18.2 Å². The lowest BCUT2D eigenvalue weighted by atomic mass is 10.0. The third-order valence-electron chi connectivity index (χ3n) is 2.08. The Morgan fingerprint density at radius 2 is 2.14 bits per heavy atom. The summed E-state index contributed by atoms with van der Waals surface area (Å²) in [4.78, 5) is 0. The lowest BCUT2D eigenvalue weighted by Crippen LogP contribution is -1.94. The van der Waals surface area contributed by atoms with E-state index in [4.69, 9.17) is 28.5 Å². The van der Waals surface area contributed by atoms with Gasteiger partial charge in [-0.15, -0.1) is 0 Å². The van der Waals surface area contributed by atoms with E-state index in [1.54, 1.807) is 6.07 Å². The second-order valence-corrected chi connectivity index (χ2v) is 4.15. The average Bonchev–Trinajstić information content (AvgIpc) is 2.16. The van der Waals surface area contributed by atoms with Crippen LogP contribution in [0.2, 0.25) is 10.0 Å². The van der Waals surface area contributed by atoms with Crippen LogP contribution >= 0.6 is 23.2 Å². The van der Waals surface area contributed by atoms with Crippen LogP contribution in [0.25, 0.3) is 0 Å². The minimum absolute atomic E-state index is 0.0711. The molecule has 1 atom stereocenters. The molecule has 74 valence electrons. The topological polar surface area (TPSA) is 23.8 Å². The van der Waals surface area contributed by atoms with Crippen molar-refractivity contribution in [2.75, 3.05) is 0 Å². The van der Waals surface area contributed by atoms with Crippen LogP contribution in [0.1, 0.15) is 18.9 Å². The number of hydrogen-bond acceptors (Lipinski definition) is 1. The molecule has 0 amide bonds. The fourth-order valence-corrected chi connectivity index (χ4v) is 1.66. The lowest BCUT2D eigenvalue weighted by Gasteiger charge is -2.05. The fourth-order valence-electron chi connectivity index (χ4n) is 1.16. The van der Waals surface area contributed by atoms with E-state index in [0.29, 0.717) is 10.0 Å². The molecule has 0 aromatic heterocycles. The average molecular weight is 228 g/mol. The van der Waals surface area contributed by atoms with Crippen LogP contribution in [0.5, 0.6) is 0 Å². The van der Waals surface area contributed by atoms with Crippen molar-refractivity contribution in [1.82, 2.24) is 0 Å². The standard InChI is InChI=1S/C11H11Cl2N/c1-8(7-14)2-3-9-4-5-10(12)6-11(9)13/h4-6,8H,2-3H2,1H3. The van der Waals surface area contributed by atoms with Gasteiger partial charge in [0, 0.05) is 16.0 Å². The lowest BCUT2D eigenvalue weighted by molar-refractivity contribution is 0.660. The van der Waals surface area contributed by atoms with Crippen molar-refractivity contribution in [2.45, 2.75) is 19.8 Å². The van der Waals surface area contributed by atoms with Crippen LogP contribution in [0.4, 0.5) is 0 Å². The van der Waals surface area contributed by atoms with Gasteiger partial charge in [-0.3, -0.25) is 0 Å². The van der Waals surface area contributed by atoms with Crippen LogP contribution in [0.3, 0.4) is 0 Å². The maximum Gasteiger partial charge on any atom is 0.0652 e. The number of rotatable bonds is 3. The van der Waals surface area contributed by atoms with Crippen molar-refractivity contribution < 1.29 is 0 Å². The highest BCUT2D eigenvalue weighted by molar-refractivity contribution is 6.35. The summed E-state index contributed by atoms with van der Waals surface area (Å²) in [6.07, 6.45) is 1.66. The highest BCUT2D eigenvalue weighted by Crippen LogP contribution is 2.22. The number of halogens is 2. The van der Waals surface area contributed by atoms with Crippen molar-refractivity contribution in [3.05, 3.63) is 33.8 Å². The minimum Gasteiger partial charge on any atom is -0.198 e. The Hall–Kier alpha value is -0.710. The van der Waals surface area contributed by atoms with Crippen molar-refractivity contribution in [2.24, 2.45) is 5.92 Å². The monoisotopic (exact) mass is 227 g/mol. The van der Waals surface area contributed by atoms with E-state index in [-0.39, 0.29) is 5.92 Å². The van der Waals surface area contributed by atoms with Gasteiger partial charge in [0.1, 0.15) is 0 Å². The second-order valence-electron chi connectivity index (χ2n) is 3.30. The first-order valence-corrected chi connectivity index (χ1v) is 5.22. The van der Waals surface area contributed by atoms with Gasteiger partial charge >= 0.3 is 0 Å². The third-order valence-corrected chi connectivity index (χ3v) is 2.67. The van der Waals surface area contributed by atoms with Gasteiger partial charge in [0.15, 0.2) is 0 Å². The predicted octanol–water partition coefficient (Wildman–Crippen LogP) is 4.09. The molecule has 1 unspecified atom stereocenters. The van der Waals surface area contributed by atoms with Gasteiger partial charge in [-0.05, 0) is 37.5 Å². The molecule has 0 aliphatic carbocycles. The zero-order chi connectivity index (χ0) is 10.6. The minimum atomic E-state index is 0.0711. The molecule has 0 fully saturated rings. The van der Waals surface area contributed by atoms with Crippen molar-refractivity contribution >= 4 is 23.2 Å². The molecule has 0 aliphatic heterocycles. The molecule has 0 N–H and O–H groups in total. The summed E-state index contributed by atoms with van der Waals surface area (Å²) in [5, 5.41) is 9.95. The van der Waals surface area contributed by atoms with E-state index in [0.717, 1.165) is 18.4 Å². The van der Waals surface area contributed by atoms with E-state index in [2.05, 4.69) is 6.07 Å². The highest BCUT2D eigenvalue weighted by atomic mass is 35.5. The van der Waals surface area contributed by atoms with E-state index < -0.39 is 0 Å². The molecule has 0 saturated heterocycles. The third kappa shape index (κ3) is 3.21. The zero-order valence-electron chi connectivity index (χ0n) is 7.93. The molecule has 1 aromatic rings. The van der Waals surface area contributed by atoms with Crippen molar-refractivity contribution in [3.8, 4) is 6.07 Å². The first kappa shape index (κ1) is 11.4. The maximum atomic E-state index is 8.62. The van der Waals surface area contributed by atoms with Crippen molar-refractivity contribution in [1.29, 1.82) is 5.26 Å². The Morgan fingerprint density at radius 3 is 2.71 bits per heavy atom. The molecule has 1 rings (SSSR count). The molecule has 14 heavy (non-hydrogen) atoms. The molecule has 1 aromatic carbocycles. The van der Waals surface area contributed by atoms with Crippen LogP contribution in [-0.4, -0.2) is 0 Å². The first-order valence-electron chi connectivity index (χ1n) is 4.47. The molecule has 0 saturated carbocycles. The smallest absolute Gasteiger partial charge is 0.0652 e. The second kappa shape index (κ2) is 5.24. The molecular weight excluding hydrogens is 217 g/mol. The van der Waals surface area contributed by atoms with E-state index in [1.165, 1.54) is 0 Å². The Morgan fingerprint density at radius 1 is 1.43 bits per heavy atom. The zero-order valence-corrected chi connectivity index (χ0v) is 9.44. The number of nitriles is 1. The molecule has 0 spiro atoms. The molecule has 0 bridgehead atoms. The summed E-state index contributed by atoms with van der Waals surface area (Å²) >= 11 is 11.8.